The van der Waals surface area contributed by atoms with Gasteiger partial charge in [0.2, 0.25) is 0 Å². The summed E-state index contributed by atoms with van der Waals surface area (Å²) in [7, 11) is 7.76. The number of aliphatic carboxylic acids is 2. The number of carbonyl (C=O) groups excluding carboxylic acids is 2. The lowest BCUT2D eigenvalue weighted by molar-refractivity contribution is -0.885. The topological polar surface area (TPSA) is 80.3 Å². The van der Waals surface area contributed by atoms with Gasteiger partial charge in [-0.15, -0.1) is 0 Å². The molecular formula is C20H40N2O4. The first-order chi connectivity index (χ1) is 12.0. The van der Waals surface area contributed by atoms with E-state index in [0.29, 0.717) is 8.97 Å². The minimum Gasteiger partial charge on any atom is -0.544 e. The van der Waals surface area contributed by atoms with Crippen LogP contribution in [0.15, 0.2) is 0 Å². The maximum Gasteiger partial charge on any atom is 0.119 e. The fourth-order valence-corrected chi connectivity index (χ4v) is 3.35. The molecule has 0 spiro atoms. The predicted molar refractivity (Wildman–Crippen MR) is 99.9 cm³/mol. The van der Waals surface area contributed by atoms with Crippen molar-refractivity contribution in [1.29, 1.82) is 0 Å². The van der Waals surface area contributed by atoms with Gasteiger partial charge < -0.3 is 28.8 Å². The van der Waals surface area contributed by atoms with Crippen molar-refractivity contribution in [3.8, 4) is 0 Å². The largest absolute Gasteiger partial charge is 0.544 e. The first-order valence-corrected chi connectivity index (χ1v) is 10.1. The van der Waals surface area contributed by atoms with Gasteiger partial charge in [-0.2, -0.15) is 0 Å². The zero-order chi connectivity index (χ0) is 20.1. The van der Waals surface area contributed by atoms with Crippen LogP contribution < -0.4 is 10.2 Å². The van der Waals surface area contributed by atoms with Crippen molar-refractivity contribution in [3.63, 3.8) is 0 Å². The number of carboxylic acid groups (broad SMARTS) is 2. The quantitative estimate of drug-likeness (QED) is 0.276. The van der Waals surface area contributed by atoms with Gasteiger partial charge in [-0.05, 0) is 25.7 Å². The van der Waals surface area contributed by atoms with Crippen LogP contribution in [-0.2, 0) is 9.59 Å². The summed E-state index contributed by atoms with van der Waals surface area (Å²) in [5, 5.41) is 21.3. The molecule has 0 aromatic heterocycles. The molecule has 0 aromatic rings. The van der Waals surface area contributed by atoms with Crippen molar-refractivity contribution in [2.45, 2.75) is 64.2 Å². The fraction of sp³-hybridized carbons (Fsp3) is 0.900. The highest BCUT2D eigenvalue weighted by atomic mass is 16.4. The molecule has 0 aliphatic heterocycles. The summed E-state index contributed by atoms with van der Waals surface area (Å²) in [6.45, 7) is 1.95. The second kappa shape index (κ2) is 13.1. The molecule has 0 N–H and O–H groups in total. The SMILES string of the molecule is C[N+](C)(CCCCCCCCCCCC[N+](C)(C)CC(=O)[O-])CC(=O)[O-]. The van der Waals surface area contributed by atoms with Crippen molar-refractivity contribution in [3.05, 3.63) is 0 Å². The number of unbranched alkanes of at least 4 members (excludes halogenated alkanes) is 9. The lowest BCUT2D eigenvalue weighted by Gasteiger charge is -2.30. The highest BCUT2D eigenvalue weighted by Crippen LogP contribution is 2.12. The molecule has 0 aliphatic rings. The lowest BCUT2D eigenvalue weighted by Crippen LogP contribution is -2.48. The highest BCUT2D eigenvalue weighted by molar-refractivity contribution is 5.65. The average Bonchev–Trinajstić information content (AvgIpc) is 2.45. The zero-order valence-electron chi connectivity index (χ0n) is 17.4. The number of quaternary nitrogens is 2. The van der Waals surface area contributed by atoms with Gasteiger partial charge in [-0.25, -0.2) is 0 Å². The van der Waals surface area contributed by atoms with Crippen LogP contribution in [0, 0.1) is 0 Å². The Kier molecular flexibility index (Phi) is 12.5. The van der Waals surface area contributed by atoms with Gasteiger partial charge >= 0.3 is 0 Å². The Balaban J connectivity index is 3.42. The van der Waals surface area contributed by atoms with E-state index in [1.54, 1.807) is 0 Å². The van der Waals surface area contributed by atoms with Crippen LogP contribution in [-0.4, -0.2) is 75.3 Å². The van der Waals surface area contributed by atoms with Crippen LogP contribution in [0.5, 0.6) is 0 Å². The Morgan fingerprint density at radius 2 is 0.769 bits per heavy atom. The lowest BCUT2D eigenvalue weighted by atomic mass is 10.1. The molecule has 0 aromatic carbocycles. The number of hydrogen-bond acceptors (Lipinski definition) is 4. The number of nitrogens with zero attached hydrogens (tertiary/aromatic N) is 2. The van der Waals surface area contributed by atoms with Crippen LogP contribution in [0.25, 0.3) is 0 Å². The highest BCUT2D eigenvalue weighted by Gasteiger charge is 2.15. The Labute approximate surface area is 160 Å². The molecule has 0 unspecified atom stereocenters. The molecule has 0 fully saturated rings. The fourth-order valence-electron chi connectivity index (χ4n) is 3.35. The molecule has 26 heavy (non-hydrogen) atoms. The van der Waals surface area contributed by atoms with Crippen LogP contribution in [0.1, 0.15) is 64.2 Å². The molecule has 154 valence electrons. The van der Waals surface area contributed by atoms with E-state index in [0.717, 1.165) is 25.9 Å². The first-order valence-electron chi connectivity index (χ1n) is 10.1. The summed E-state index contributed by atoms with van der Waals surface area (Å²) >= 11 is 0. The summed E-state index contributed by atoms with van der Waals surface area (Å²) in [4.78, 5) is 21.3. The predicted octanol–water partition coefficient (Wildman–Crippen LogP) is 0.540. The van der Waals surface area contributed by atoms with E-state index in [1.807, 2.05) is 28.2 Å². The Hall–Kier alpha value is -1.14. The molecule has 0 amide bonds. The van der Waals surface area contributed by atoms with Crippen molar-refractivity contribution in [2.24, 2.45) is 0 Å². The molecule has 6 heteroatoms. The number of hydrogen-bond donors (Lipinski definition) is 0. The Bertz CT molecular complexity index is 371. The number of carboxylic acids is 2. The van der Waals surface area contributed by atoms with E-state index >= 15 is 0 Å². The van der Waals surface area contributed by atoms with Crippen LogP contribution in [0.3, 0.4) is 0 Å². The molecular weight excluding hydrogens is 332 g/mol. The zero-order valence-corrected chi connectivity index (χ0v) is 17.4. The third-order valence-electron chi connectivity index (χ3n) is 4.89. The van der Waals surface area contributed by atoms with E-state index in [4.69, 9.17) is 0 Å². The number of likely N-dealkylation sites (N-methyl/N-ethyl adjacent to an activating group) is 2. The van der Waals surface area contributed by atoms with Crippen molar-refractivity contribution >= 4 is 11.9 Å². The summed E-state index contributed by atoms with van der Waals surface area (Å²) in [5.41, 5.74) is 0. The van der Waals surface area contributed by atoms with Gasteiger partial charge in [0.1, 0.15) is 13.1 Å². The van der Waals surface area contributed by atoms with Crippen molar-refractivity contribution < 1.29 is 28.8 Å². The second-order valence-corrected chi connectivity index (χ2v) is 8.91. The van der Waals surface area contributed by atoms with Gasteiger partial charge in [0.25, 0.3) is 0 Å². The normalized spacial score (nSPS) is 12.3. The van der Waals surface area contributed by atoms with E-state index in [1.165, 1.54) is 51.4 Å². The standard InChI is InChI=1S/C20H40N2O4/c1-21(2,17-19(23)24)15-13-11-9-7-5-6-8-10-12-14-16-22(3,4)18-20(25)26/h5-18H2,1-4H3. The second-order valence-electron chi connectivity index (χ2n) is 8.91. The first kappa shape index (κ1) is 24.9. The molecule has 0 saturated heterocycles. The van der Waals surface area contributed by atoms with E-state index in [9.17, 15) is 19.8 Å². The summed E-state index contributed by atoms with van der Waals surface area (Å²) in [6.07, 6.45) is 12.0. The van der Waals surface area contributed by atoms with Gasteiger partial charge in [0, 0.05) is 0 Å². The molecule has 0 bridgehead atoms. The van der Waals surface area contributed by atoms with E-state index in [-0.39, 0.29) is 13.1 Å². The third-order valence-corrected chi connectivity index (χ3v) is 4.89. The summed E-state index contributed by atoms with van der Waals surface area (Å²) < 4.78 is 1.00. The molecule has 0 radical (unpaired) electrons. The molecule has 6 nitrogen and oxygen atoms in total. The molecule has 0 heterocycles. The maximum absolute atomic E-state index is 10.7. The van der Waals surface area contributed by atoms with E-state index < -0.39 is 11.9 Å². The molecule has 0 atom stereocenters. The van der Waals surface area contributed by atoms with Crippen LogP contribution >= 0.6 is 0 Å². The van der Waals surface area contributed by atoms with Crippen LogP contribution in [0.2, 0.25) is 0 Å². The molecule has 0 aliphatic carbocycles. The van der Waals surface area contributed by atoms with Crippen LogP contribution in [0.4, 0.5) is 0 Å². The van der Waals surface area contributed by atoms with E-state index in [2.05, 4.69) is 0 Å². The maximum atomic E-state index is 10.7. The van der Waals surface area contributed by atoms with Gasteiger partial charge in [0.05, 0.1) is 53.2 Å². The minimum absolute atomic E-state index is 0.0866. The van der Waals surface area contributed by atoms with Gasteiger partial charge in [-0.3, -0.25) is 0 Å². The minimum atomic E-state index is -0.976. The third kappa shape index (κ3) is 16.3. The number of carbonyl (C=O) groups is 2. The summed E-state index contributed by atoms with van der Waals surface area (Å²) in [6, 6.07) is 0. The number of rotatable bonds is 17. The smallest absolute Gasteiger partial charge is 0.119 e. The Morgan fingerprint density at radius 3 is 1.00 bits per heavy atom. The van der Waals surface area contributed by atoms with Gasteiger partial charge in [0.15, 0.2) is 0 Å². The van der Waals surface area contributed by atoms with Gasteiger partial charge in [-0.1, -0.05) is 38.5 Å². The molecule has 0 saturated carbocycles. The average molecular weight is 373 g/mol. The van der Waals surface area contributed by atoms with Crippen molar-refractivity contribution in [1.82, 2.24) is 0 Å². The Morgan fingerprint density at radius 1 is 0.538 bits per heavy atom. The summed E-state index contributed by atoms with van der Waals surface area (Å²) in [5.74, 6) is -1.95. The monoisotopic (exact) mass is 372 g/mol. The molecule has 0 rings (SSSR count). The van der Waals surface area contributed by atoms with Crippen molar-refractivity contribution in [2.75, 3.05) is 54.4 Å².